The fourth-order valence-corrected chi connectivity index (χ4v) is 3.61. The second-order valence-electron chi connectivity index (χ2n) is 8.79. The fraction of sp³-hybridized carbons (Fsp3) is 0.696. The molecule has 0 aromatic heterocycles. The molecular formula is C23H38N2O6. The minimum Gasteiger partial charge on any atom is -0.480 e. The summed E-state index contributed by atoms with van der Waals surface area (Å²) in [5.41, 5.74) is -0.266. The zero-order valence-electron chi connectivity index (χ0n) is 19.1. The molecule has 8 heteroatoms. The molecule has 1 rings (SSSR count). The van der Waals surface area contributed by atoms with Crippen molar-refractivity contribution < 1.29 is 29.0 Å². The van der Waals surface area contributed by atoms with Gasteiger partial charge >= 0.3 is 12.1 Å². The van der Waals surface area contributed by atoms with E-state index in [0.29, 0.717) is 19.3 Å². The van der Waals surface area contributed by atoms with Gasteiger partial charge in [-0.05, 0) is 25.7 Å². The van der Waals surface area contributed by atoms with Crippen LogP contribution in [0.15, 0.2) is 25.3 Å². The van der Waals surface area contributed by atoms with E-state index in [9.17, 15) is 19.5 Å². The highest BCUT2D eigenvalue weighted by atomic mass is 16.5. The number of nitrogens with zero attached hydrogens (tertiary/aromatic N) is 1. The Labute approximate surface area is 185 Å². The van der Waals surface area contributed by atoms with Crippen LogP contribution in [0.5, 0.6) is 0 Å². The number of ether oxygens (including phenoxy) is 2. The zero-order chi connectivity index (χ0) is 23.4. The number of unbranched alkanes of at least 4 members (excludes halogenated alkanes) is 3. The van der Waals surface area contributed by atoms with Crippen molar-refractivity contribution in [2.45, 2.75) is 77.0 Å². The van der Waals surface area contributed by atoms with Crippen molar-refractivity contribution in [2.24, 2.45) is 5.41 Å². The van der Waals surface area contributed by atoms with Gasteiger partial charge in [0.05, 0.1) is 12.7 Å². The predicted octanol–water partition coefficient (Wildman–Crippen LogP) is 3.52. The van der Waals surface area contributed by atoms with Crippen LogP contribution in [0, 0.1) is 5.41 Å². The van der Waals surface area contributed by atoms with Gasteiger partial charge in [-0.2, -0.15) is 0 Å². The molecule has 1 aliphatic rings. The summed E-state index contributed by atoms with van der Waals surface area (Å²) in [5, 5.41) is 12.2. The van der Waals surface area contributed by atoms with Gasteiger partial charge in [-0.1, -0.05) is 38.8 Å². The van der Waals surface area contributed by atoms with E-state index in [1.165, 1.54) is 12.0 Å². The number of amides is 2. The molecule has 0 unspecified atom stereocenters. The Morgan fingerprint density at radius 2 is 1.94 bits per heavy atom. The van der Waals surface area contributed by atoms with E-state index in [0.717, 1.165) is 19.3 Å². The van der Waals surface area contributed by atoms with Crippen LogP contribution in [0.4, 0.5) is 4.79 Å². The Bertz CT molecular complexity index is 634. The van der Waals surface area contributed by atoms with Crippen molar-refractivity contribution in [1.29, 1.82) is 0 Å². The Hall–Kier alpha value is -2.35. The first-order valence-electron chi connectivity index (χ1n) is 10.9. The molecule has 0 saturated carbocycles. The van der Waals surface area contributed by atoms with Crippen molar-refractivity contribution in [1.82, 2.24) is 10.2 Å². The molecular weight excluding hydrogens is 400 g/mol. The summed E-state index contributed by atoms with van der Waals surface area (Å²) in [6.45, 7) is 11.7. The zero-order valence-corrected chi connectivity index (χ0v) is 19.1. The van der Waals surface area contributed by atoms with Gasteiger partial charge in [0.25, 0.3) is 0 Å². The molecule has 0 spiro atoms. The van der Waals surface area contributed by atoms with Gasteiger partial charge < -0.3 is 24.8 Å². The Balaban J connectivity index is 2.82. The lowest BCUT2D eigenvalue weighted by molar-refractivity contribution is -0.149. The quantitative estimate of drug-likeness (QED) is 0.318. The summed E-state index contributed by atoms with van der Waals surface area (Å²) < 4.78 is 10.6. The highest BCUT2D eigenvalue weighted by molar-refractivity contribution is 5.89. The lowest BCUT2D eigenvalue weighted by atomic mass is 9.91. The van der Waals surface area contributed by atoms with E-state index < -0.39 is 30.1 Å². The summed E-state index contributed by atoms with van der Waals surface area (Å²) in [4.78, 5) is 38.5. The monoisotopic (exact) mass is 438 g/mol. The lowest BCUT2D eigenvalue weighted by Crippen LogP contribution is -2.52. The van der Waals surface area contributed by atoms with Crippen LogP contribution in [-0.2, 0) is 19.1 Å². The number of nitrogens with one attached hydrogen (secondary N) is 1. The van der Waals surface area contributed by atoms with Gasteiger partial charge in [-0.15, -0.1) is 13.2 Å². The minimum absolute atomic E-state index is 0.179. The van der Waals surface area contributed by atoms with Crippen molar-refractivity contribution in [3.8, 4) is 0 Å². The Morgan fingerprint density at radius 1 is 1.23 bits per heavy atom. The van der Waals surface area contributed by atoms with Crippen LogP contribution >= 0.6 is 0 Å². The molecule has 1 saturated heterocycles. The third-order valence-corrected chi connectivity index (χ3v) is 5.45. The number of carbonyl (C=O) groups is 3. The number of carboxylic acids is 1. The molecule has 0 bridgehead atoms. The van der Waals surface area contributed by atoms with Crippen LogP contribution in [0.2, 0.25) is 0 Å². The van der Waals surface area contributed by atoms with Gasteiger partial charge in [-0.3, -0.25) is 4.79 Å². The molecule has 31 heavy (non-hydrogen) atoms. The van der Waals surface area contributed by atoms with E-state index in [-0.39, 0.29) is 31.1 Å². The van der Waals surface area contributed by atoms with Crippen molar-refractivity contribution in [3.63, 3.8) is 0 Å². The minimum atomic E-state index is -1.08. The van der Waals surface area contributed by atoms with Gasteiger partial charge in [-0.25, -0.2) is 9.59 Å². The molecule has 1 aliphatic heterocycles. The first-order chi connectivity index (χ1) is 14.6. The molecule has 176 valence electrons. The summed E-state index contributed by atoms with van der Waals surface area (Å²) in [6, 6.07) is -1.82. The van der Waals surface area contributed by atoms with Gasteiger partial charge in [0.1, 0.15) is 12.1 Å². The van der Waals surface area contributed by atoms with E-state index in [4.69, 9.17) is 9.47 Å². The van der Waals surface area contributed by atoms with E-state index in [1.807, 2.05) is 19.9 Å². The molecule has 0 aromatic rings. The maximum Gasteiger partial charge on any atom is 0.407 e. The normalized spacial score (nSPS) is 19.5. The number of rotatable bonds is 14. The number of hydrogen-bond acceptors (Lipinski definition) is 5. The van der Waals surface area contributed by atoms with E-state index in [1.54, 1.807) is 6.08 Å². The smallest absolute Gasteiger partial charge is 0.407 e. The van der Waals surface area contributed by atoms with Crippen LogP contribution in [0.25, 0.3) is 0 Å². The molecule has 2 amide bonds. The van der Waals surface area contributed by atoms with Crippen LogP contribution in [0.3, 0.4) is 0 Å². The number of methoxy groups -OCH3 is 1. The number of carboxylic acid groups (broad SMARTS) is 1. The number of alkyl carbamates (subject to hydrolysis) is 1. The number of aliphatic carboxylic acids is 1. The molecule has 0 aromatic carbocycles. The summed E-state index contributed by atoms with van der Waals surface area (Å²) in [6.07, 6.45) is 7.31. The number of hydrogen-bond donors (Lipinski definition) is 2. The van der Waals surface area contributed by atoms with Gasteiger partial charge in [0.2, 0.25) is 5.91 Å². The average Bonchev–Trinajstić information content (AvgIpc) is 3.16. The van der Waals surface area contributed by atoms with Crippen LogP contribution < -0.4 is 5.32 Å². The fourth-order valence-electron chi connectivity index (χ4n) is 3.61. The van der Waals surface area contributed by atoms with E-state index >= 15 is 0 Å². The molecule has 8 nitrogen and oxygen atoms in total. The SMILES string of the molecule is C=CCCCCC[C@H](NC(=O)OCC(C)(C)CC=C)C(=O)N1C[C@@H](OC)C[C@H]1C(=O)O. The summed E-state index contributed by atoms with van der Waals surface area (Å²) >= 11 is 0. The molecule has 1 fully saturated rings. The number of carbonyl (C=O) groups excluding carboxylic acids is 2. The Morgan fingerprint density at radius 3 is 2.52 bits per heavy atom. The standard InChI is InChI=1S/C23H38N2O6/c1-6-8-9-10-11-12-18(24-22(29)31-16-23(3,4)13-7-2)20(26)25-15-17(30-5)14-19(25)21(27)28/h6-7,17-19H,1-2,8-16H2,3-5H3,(H,24,29)(H,27,28)/t17-,18-,19-/m0/s1. The molecule has 1 heterocycles. The van der Waals surface area contributed by atoms with Crippen LogP contribution in [-0.4, -0.2) is 66.4 Å². The maximum absolute atomic E-state index is 13.2. The third-order valence-electron chi connectivity index (χ3n) is 5.45. The molecule has 3 atom stereocenters. The van der Waals surface area contributed by atoms with E-state index in [2.05, 4.69) is 18.5 Å². The average molecular weight is 439 g/mol. The summed E-state index contributed by atoms with van der Waals surface area (Å²) in [5.74, 6) is -1.50. The topological polar surface area (TPSA) is 105 Å². The first-order valence-corrected chi connectivity index (χ1v) is 10.9. The second kappa shape index (κ2) is 13.1. The molecule has 2 N–H and O–H groups in total. The predicted molar refractivity (Wildman–Crippen MR) is 119 cm³/mol. The van der Waals surface area contributed by atoms with Crippen molar-refractivity contribution in [3.05, 3.63) is 25.3 Å². The van der Waals surface area contributed by atoms with Gasteiger partial charge in [0, 0.05) is 25.5 Å². The first kappa shape index (κ1) is 26.7. The summed E-state index contributed by atoms with van der Waals surface area (Å²) in [7, 11) is 1.50. The van der Waals surface area contributed by atoms with Crippen LogP contribution in [0.1, 0.15) is 58.8 Å². The number of likely N-dealkylation sites (tertiary alicyclic amines) is 1. The highest BCUT2D eigenvalue weighted by Crippen LogP contribution is 2.23. The third kappa shape index (κ3) is 9.12. The Kier molecular flexibility index (Phi) is 11.3. The highest BCUT2D eigenvalue weighted by Gasteiger charge is 2.42. The second-order valence-corrected chi connectivity index (χ2v) is 8.79. The number of allylic oxidation sites excluding steroid dienone is 2. The van der Waals surface area contributed by atoms with Gasteiger partial charge in [0.15, 0.2) is 0 Å². The maximum atomic E-state index is 13.2. The van der Waals surface area contributed by atoms with Crippen molar-refractivity contribution >= 4 is 18.0 Å². The molecule has 0 aliphatic carbocycles. The largest absolute Gasteiger partial charge is 0.480 e. The molecule has 0 radical (unpaired) electrons. The van der Waals surface area contributed by atoms with Crippen molar-refractivity contribution in [2.75, 3.05) is 20.3 Å². The lowest BCUT2D eigenvalue weighted by Gasteiger charge is -2.28.